The summed E-state index contributed by atoms with van der Waals surface area (Å²) in [4.78, 5) is 0. The first-order valence-electron chi connectivity index (χ1n) is 9.48. The zero-order valence-corrected chi connectivity index (χ0v) is 15.6. The Labute approximate surface area is 167 Å². The number of ether oxygens (including phenoxy) is 1. The van der Waals surface area contributed by atoms with E-state index in [1.807, 2.05) is 60.7 Å². The van der Waals surface area contributed by atoms with Crippen molar-refractivity contribution >= 4 is 11.4 Å². The number of fused-ring (bicyclic) bond motifs is 1. The van der Waals surface area contributed by atoms with E-state index in [0.29, 0.717) is 6.54 Å². The lowest BCUT2D eigenvalue weighted by Gasteiger charge is -2.34. The molecule has 6 heteroatoms. The van der Waals surface area contributed by atoms with Crippen LogP contribution < -0.4 is 15.4 Å². The fraction of sp³-hybridized carbons (Fsp3) is 0.217. The first-order chi connectivity index (χ1) is 14.0. The minimum Gasteiger partial charge on any atom is -0.406 e. The number of nitrogens with one attached hydrogen (secondary N) is 2. The van der Waals surface area contributed by atoms with Crippen molar-refractivity contribution in [2.75, 3.05) is 17.2 Å². The van der Waals surface area contributed by atoms with E-state index in [9.17, 15) is 13.2 Å². The van der Waals surface area contributed by atoms with Crippen molar-refractivity contribution < 1.29 is 17.9 Å². The molecule has 0 radical (unpaired) electrons. The van der Waals surface area contributed by atoms with Gasteiger partial charge in [0.25, 0.3) is 0 Å². The van der Waals surface area contributed by atoms with Gasteiger partial charge in [-0.05, 0) is 47.9 Å². The van der Waals surface area contributed by atoms with Gasteiger partial charge in [0, 0.05) is 29.9 Å². The van der Waals surface area contributed by atoms with Crippen molar-refractivity contribution in [1.29, 1.82) is 0 Å². The highest BCUT2D eigenvalue weighted by Gasteiger charge is 2.33. The van der Waals surface area contributed by atoms with Crippen molar-refractivity contribution in [3.8, 4) is 5.75 Å². The van der Waals surface area contributed by atoms with Crippen molar-refractivity contribution in [1.82, 2.24) is 0 Å². The molecule has 150 valence electrons. The Hall–Kier alpha value is -3.15. The van der Waals surface area contributed by atoms with Gasteiger partial charge < -0.3 is 15.4 Å². The molecule has 2 unspecified atom stereocenters. The first-order valence-corrected chi connectivity index (χ1v) is 9.48. The Morgan fingerprint density at radius 1 is 0.931 bits per heavy atom. The largest absolute Gasteiger partial charge is 0.573 e. The van der Waals surface area contributed by atoms with Gasteiger partial charge in [-0.1, -0.05) is 48.5 Å². The molecule has 0 saturated heterocycles. The van der Waals surface area contributed by atoms with Gasteiger partial charge in [0.1, 0.15) is 5.75 Å². The van der Waals surface area contributed by atoms with Crippen molar-refractivity contribution in [3.05, 3.63) is 90.0 Å². The third-order valence-electron chi connectivity index (χ3n) is 5.04. The number of para-hydroxylation sites is 1. The van der Waals surface area contributed by atoms with Crippen LogP contribution in [0.4, 0.5) is 24.5 Å². The average molecular weight is 398 g/mol. The Bertz CT molecular complexity index is 945. The molecule has 1 aliphatic heterocycles. The number of hydrogen-bond acceptors (Lipinski definition) is 3. The predicted molar refractivity (Wildman–Crippen MR) is 108 cm³/mol. The van der Waals surface area contributed by atoms with E-state index in [-0.39, 0.29) is 17.7 Å². The molecule has 3 aromatic carbocycles. The smallest absolute Gasteiger partial charge is 0.406 e. The number of alkyl halides is 3. The summed E-state index contributed by atoms with van der Waals surface area (Å²) in [5.41, 5.74) is 3.75. The van der Waals surface area contributed by atoms with Gasteiger partial charge >= 0.3 is 6.36 Å². The van der Waals surface area contributed by atoms with Crippen LogP contribution in [0.5, 0.6) is 5.75 Å². The third kappa shape index (κ3) is 4.83. The van der Waals surface area contributed by atoms with Crippen LogP contribution in [0.1, 0.15) is 23.5 Å². The molecule has 3 aromatic rings. The van der Waals surface area contributed by atoms with Crippen LogP contribution >= 0.6 is 0 Å². The number of benzene rings is 3. The summed E-state index contributed by atoms with van der Waals surface area (Å²) < 4.78 is 42.2. The fourth-order valence-electron chi connectivity index (χ4n) is 3.78. The summed E-state index contributed by atoms with van der Waals surface area (Å²) in [6.07, 6.45) is -3.95. The van der Waals surface area contributed by atoms with E-state index in [0.717, 1.165) is 28.9 Å². The lowest BCUT2D eigenvalue weighted by molar-refractivity contribution is -0.274. The van der Waals surface area contributed by atoms with Crippen molar-refractivity contribution in [2.24, 2.45) is 0 Å². The number of anilines is 2. The highest BCUT2D eigenvalue weighted by Crippen LogP contribution is 2.41. The number of rotatable bonds is 5. The quantitative estimate of drug-likeness (QED) is 0.552. The summed E-state index contributed by atoms with van der Waals surface area (Å²) in [6, 6.07) is 24.4. The molecular weight excluding hydrogens is 377 g/mol. The maximum atomic E-state index is 12.7. The summed E-state index contributed by atoms with van der Waals surface area (Å²) in [6.45, 7) is 0.702. The predicted octanol–water partition coefficient (Wildman–Crippen LogP) is 6.01. The van der Waals surface area contributed by atoms with E-state index in [4.69, 9.17) is 0 Å². The molecule has 0 saturated carbocycles. The molecule has 0 fully saturated rings. The number of hydrogen-bond donors (Lipinski definition) is 2. The lowest BCUT2D eigenvalue weighted by Crippen LogP contribution is -2.34. The lowest BCUT2D eigenvalue weighted by atomic mass is 9.82. The standard InChI is InChI=1S/C23H21F3N2O/c24-23(25,26)29-19-11-12-22-21(14-19)20(16-7-3-1-4-8-16)13-18(28-22)15-27-17-9-5-2-6-10-17/h1-12,14,18,20,27-28H,13,15H2. The Morgan fingerprint density at radius 2 is 1.62 bits per heavy atom. The molecule has 3 nitrogen and oxygen atoms in total. The second-order valence-electron chi connectivity index (χ2n) is 7.08. The molecule has 1 aliphatic rings. The molecular formula is C23H21F3N2O. The van der Waals surface area contributed by atoms with Gasteiger partial charge in [-0.2, -0.15) is 0 Å². The topological polar surface area (TPSA) is 33.3 Å². The minimum atomic E-state index is -4.71. The van der Waals surface area contributed by atoms with Crippen LogP contribution in [0, 0.1) is 0 Å². The zero-order chi connectivity index (χ0) is 20.3. The van der Waals surface area contributed by atoms with Gasteiger partial charge in [-0.25, -0.2) is 0 Å². The highest BCUT2D eigenvalue weighted by atomic mass is 19.4. The summed E-state index contributed by atoms with van der Waals surface area (Å²) in [5.74, 6) is -0.216. The summed E-state index contributed by atoms with van der Waals surface area (Å²) in [7, 11) is 0. The molecule has 29 heavy (non-hydrogen) atoms. The maximum absolute atomic E-state index is 12.7. The molecule has 0 aliphatic carbocycles. The third-order valence-corrected chi connectivity index (χ3v) is 5.04. The van der Waals surface area contributed by atoms with E-state index in [2.05, 4.69) is 15.4 Å². The molecule has 2 atom stereocenters. The molecule has 0 aromatic heterocycles. The zero-order valence-electron chi connectivity index (χ0n) is 15.6. The molecule has 1 heterocycles. The Morgan fingerprint density at radius 3 is 2.31 bits per heavy atom. The van der Waals surface area contributed by atoms with E-state index >= 15 is 0 Å². The van der Waals surface area contributed by atoms with Gasteiger partial charge in [0.2, 0.25) is 0 Å². The van der Waals surface area contributed by atoms with Crippen molar-refractivity contribution in [2.45, 2.75) is 24.7 Å². The van der Waals surface area contributed by atoms with Crippen LogP contribution in [-0.2, 0) is 0 Å². The molecule has 2 N–H and O–H groups in total. The number of halogens is 3. The van der Waals surface area contributed by atoms with Gasteiger partial charge in [0.15, 0.2) is 0 Å². The summed E-state index contributed by atoms with van der Waals surface area (Å²) in [5, 5.41) is 6.88. The van der Waals surface area contributed by atoms with Crippen LogP contribution in [0.2, 0.25) is 0 Å². The molecule has 4 rings (SSSR count). The van der Waals surface area contributed by atoms with Gasteiger partial charge in [-0.3, -0.25) is 0 Å². The van der Waals surface area contributed by atoms with E-state index < -0.39 is 6.36 Å². The minimum absolute atomic E-state index is 0.0215. The summed E-state index contributed by atoms with van der Waals surface area (Å²) >= 11 is 0. The first kappa shape index (κ1) is 19.2. The molecule has 0 spiro atoms. The fourth-order valence-corrected chi connectivity index (χ4v) is 3.78. The SMILES string of the molecule is FC(F)(F)Oc1ccc2c(c1)C(c1ccccc1)CC(CNc1ccccc1)N2. The van der Waals surface area contributed by atoms with Crippen LogP contribution in [-0.4, -0.2) is 18.9 Å². The second-order valence-corrected chi connectivity index (χ2v) is 7.08. The average Bonchev–Trinajstić information content (AvgIpc) is 2.72. The maximum Gasteiger partial charge on any atom is 0.573 e. The van der Waals surface area contributed by atoms with Gasteiger partial charge in [0.05, 0.1) is 0 Å². The van der Waals surface area contributed by atoms with E-state index in [1.54, 1.807) is 6.07 Å². The Balaban J connectivity index is 1.60. The van der Waals surface area contributed by atoms with E-state index in [1.165, 1.54) is 12.1 Å². The molecule has 0 amide bonds. The Kier molecular flexibility index (Phi) is 5.34. The van der Waals surface area contributed by atoms with Gasteiger partial charge in [-0.15, -0.1) is 13.2 Å². The van der Waals surface area contributed by atoms with Crippen LogP contribution in [0.3, 0.4) is 0 Å². The van der Waals surface area contributed by atoms with Crippen LogP contribution in [0.15, 0.2) is 78.9 Å². The molecule has 0 bridgehead atoms. The van der Waals surface area contributed by atoms with Crippen molar-refractivity contribution in [3.63, 3.8) is 0 Å². The normalized spacial score (nSPS) is 18.4. The van der Waals surface area contributed by atoms with Crippen LogP contribution in [0.25, 0.3) is 0 Å². The highest BCUT2D eigenvalue weighted by molar-refractivity contribution is 5.61. The monoisotopic (exact) mass is 398 g/mol. The second kappa shape index (κ2) is 8.07.